The third kappa shape index (κ3) is 9.55. The minimum absolute atomic E-state index is 0.0463. The van der Waals surface area contributed by atoms with Crippen LogP contribution in [0.1, 0.15) is 80.6 Å². The SMILES string of the molecule is C/C=C(\C)C(CC=C(C)CCCC(C)C(O)C(C)C(=O)C(C)(C)C(CC(=O)O)OC)OC. The standard InChI is InChI=1S/C26H46O6/c1-10-18(3)21(31-8)15-14-17(2)12-11-13-19(4)24(29)20(5)25(30)26(6,7)22(32-9)16-23(27)28/h10,14,19-22,24,29H,11-13,15-16H2,1-9H3,(H,27,28)/b17-14?,18-10+. The van der Waals surface area contributed by atoms with Gasteiger partial charge in [0, 0.05) is 20.1 Å². The van der Waals surface area contributed by atoms with E-state index in [0.29, 0.717) is 0 Å². The lowest BCUT2D eigenvalue weighted by Gasteiger charge is -2.35. The number of hydrogen-bond donors (Lipinski definition) is 2. The fourth-order valence-electron chi connectivity index (χ4n) is 4.12. The van der Waals surface area contributed by atoms with E-state index in [0.717, 1.165) is 25.7 Å². The van der Waals surface area contributed by atoms with Gasteiger partial charge in [-0.1, -0.05) is 45.4 Å². The van der Waals surface area contributed by atoms with Crippen LogP contribution in [-0.2, 0) is 19.1 Å². The van der Waals surface area contributed by atoms with E-state index in [2.05, 4.69) is 26.0 Å². The van der Waals surface area contributed by atoms with E-state index in [9.17, 15) is 14.7 Å². The molecule has 0 aliphatic rings. The summed E-state index contributed by atoms with van der Waals surface area (Å²) in [6.45, 7) is 13.3. The van der Waals surface area contributed by atoms with Crippen molar-refractivity contribution in [1.29, 1.82) is 0 Å². The Labute approximate surface area is 195 Å². The molecule has 0 rings (SSSR count). The van der Waals surface area contributed by atoms with Gasteiger partial charge in [0.15, 0.2) is 0 Å². The second-order valence-electron chi connectivity index (χ2n) is 9.60. The highest BCUT2D eigenvalue weighted by Crippen LogP contribution is 2.33. The molecule has 0 aromatic rings. The zero-order chi connectivity index (χ0) is 25.1. The molecule has 0 spiro atoms. The van der Waals surface area contributed by atoms with Crippen molar-refractivity contribution >= 4 is 11.8 Å². The Kier molecular flexibility index (Phi) is 13.9. The first-order valence-electron chi connectivity index (χ1n) is 11.6. The van der Waals surface area contributed by atoms with Gasteiger partial charge in [-0.15, -0.1) is 0 Å². The molecule has 0 fully saturated rings. The summed E-state index contributed by atoms with van der Waals surface area (Å²) in [4.78, 5) is 24.2. The highest BCUT2D eigenvalue weighted by atomic mass is 16.5. The Hall–Kier alpha value is -1.50. The van der Waals surface area contributed by atoms with Crippen molar-refractivity contribution in [2.45, 2.75) is 98.9 Å². The number of ether oxygens (including phenoxy) is 2. The van der Waals surface area contributed by atoms with Crippen molar-refractivity contribution in [3.05, 3.63) is 23.3 Å². The Morgan fingerprint density at radius 2 is 1.69 bits per heavy atom. The number of carbonyl (C=O) groups is 2. The largest absolute Gasteiger partial charge is 0.481 e. The van der Waals surface area contributed by atoms with Crippen LogP contribution in [0.2, 0.25) is 0 Å². The normalized spacial score (nSPS) is 18.1. The Morgan fingerprint density at radius 1 is 1.09 bits per heavy atom. The summed E-state index contributed by atoms with van der Waals surface area (Å²) in [5.41, 5.74) is 1.50. The minimum atomic E-state index is -1.01. The molecule has 32 heavy (non-hydrogen) atoms. The molecule has 5 unspecified atom stereocenters. The van der Waals surface area contributed by atoms with Crippen LogP contribution in [0.15, 0.2) is 23.3 Å². The zero-order valence-electron chi connectivity index (χ0n) is 21.6. The summed E-state index contributed by atoms with van der Waals surface area (Å²) < 4.78 is 10.8. The maximum atomic E-state index is 13.1. The van der Waals surface area contributed by atoms with Gasteiger partial charge in [-0.2, -0.15) is 0 Å². The van der Waals surface area contributed by atoms with Gasteiger partial charge < -0.3 is 19.7 Å². The molecule has 0 bridgehead atoms. The van der Waals surface area contributed by atoms with Gasteiger partial charge >= 0.3 is 5.97 Å². The molecule has 0 aliphatic carbocycles. The number of aliphatic carboxylic acids is 1. The van der Waals surface area contributed by atoms with Crippen LogP contribution >= 0.6 is 0 Å². The van der Waals surface area contributed by atoms with Crippen LogP contribution in [0.5, 0.6) is 0 Å². The molecular weight excluding hydrogens is 408 g/mol. The predicted octanol–water partition coefficient (Wildman–Crippen LogP) is 5.19. The van der Waals surface area contributed by atoms with Gasteiger partial charge in [0.1, 0.15) is 5.78 Å². The van der Waals surface area contributed by atoms with Gasteiger partial charge in [-0.25, -0.2) is 0 Å². The fourth-order valence-corrected chi connectivity index (χ4v) is 4.12. The lowest BCUT2D eigenvalue weighted by Crippen LogP contribution is -2.46. The number of Topliss-reactive ketones (excluding diaryl/α,β-unsaturated/α-hetero) is 1. The second kappa shape index (κ2) is 14.6. The summed E-state index contributed by atoms with van der Waals surface area (Å²) in [5.74, 6) is -1.84. The number of carboxylic acids is 1. The number of aliphatic hydroxyl groups excluding tert-OH is 1. The van der Waals surface area contributed by atoms with Gasteiger partial charge in [0.25, 0.3) is 0 Å². The van der Waals surface area contributed by atoms with Gasteiger partial charge in [-0.3, -0.25) is 9.59 Å². The van der Waals surface area contributed by atoms with E-state index < -0.39 is 29.5 Å². The number of methoxy groups -OCH3 is 2. The lowest BCUT2D eigenvalue weighted by atomic mass is 9.73. The van der Waals surface area contributed by atoms with Crippen molar-refractivity contribution in [1.82, 2.24) is 0 Å². The van der Waals surface area contributed by atoms with Crippen LogP contribution in [-0.4, -0.2) is 54.5 Å². The van der Waals surface area contributed by atoms with E-state index in [1.807, 2.05) is 13.8 Å². The number of hydrogen-bond acceptors (Lipinski definition) is 5. The average Bonchev–Trinajstić information content (AvgIpc) is 2.75. The van der Waals surface area contributed by atoms with Gasteiger partial charge in [-0.05, 0) is 57.9 Å². The van der Waals surface area contributed by atoms with Crippen molar-refractivity contribution in [2.24, 2.45) is 17.3 Å². The molecule has 0 aromatic carbocycles. The number of carboxylic acid groups (broad SMARTS) is 1. The summed E-state index contributed by atoms with van der Waals surface area (Å²) in [6.07, 6.45) is 6.09. The number of carbonyl (C=O) groups excluding carboxylic acids is 1. The highest BCUT2D eigenvalue weighted by Gasteiger charge is 2.42. The molecule has 5 atom stereocenters. The third-order valence-corrected chi connectivity index (χ3v) is 6.75. The Bertz CT molecular complexity index is 649. The number of aliphatic hydroxyl groups is 1. The molecule has 0 saturated carbocycles. The summed E-state index contributed by atoms with van der Waals surface area (Å²) in [5, 5.41) is 19.9. The molecule has 6 heteroatoms. The monoisotopic (exact) mass is 454 g/mol. The Balaban J connectivity index is 4.84. The lowest BCUT2D eigenvalue weighted by molar-refractivity contribution is -0.149. The molecule has 186 valence electrons. The number of ketones is 1. The average molecular weight is 455 g/mol. The maximum Gasteiger partial charge on any atom is 0.306 e. The van der Waals surface area contributed by atoms with Crippen molar-refractivity contribution in [2.75, 3.05) is 14.2 Å². The summed E-state index contributed by atoms with van der Waals surface area (Å²) in [7, 11) is 3.14. The number of allylic oxidation sites excluding steroid dienone is 2. The summed E-state index contributed by atoms with van der Waals surface area (Å²) in [6, 6.07) is 0. The van der Waals surface area contributed by atoms with Crippen LogP contribution in [0, 0.1) is 17.3 Å². The predicted molar refractivity (Wildman–Crippen MR) is 129 cm³/mol. The van der Waals surface area contributed by atoms with Gasteiger partial charge in [0.05, 0.1) is 30.1 Å². The van der Waals surface area contributed by atoms with Crippen LogP contribution in [0.4, 0.5) is 0 Å². The first kappa shape index (κ1) is 30.5. The van der Waals surface area contributed by atoms with Crippen molar-refractivity contribution in [3.63, 3.8) is 0 Å². The second-order valence-corrected chi connectivity index (χ2v) is 9.60. The maximum absolute atomic E-state index is 13.1. The molecule has 0 aromatic heterocycles. The van der Waals surface area contributed by atoms with E-state index >= 15 is 0 Å². The topological polar surface area (TPSA) is 93.1 Å². The highest BCUT2D eigenvalue weighted by molar-refractivity contribution is 5.87. The molecule has 0 radical (unpaired) electrons. The van der Waals surface area contributed by atoms with E-state index in [1.165, 1.54) is 18.3 Å². The third-order valence-electron chi connectivity index (χ3n) is 6.75. The van der Waals surface area contributed by atoms with E-state index in [4.69, 9.17) is 14.6 Å². The molecule has 6 nitrogen and oxygen atoms in total. The van der Waals surface area contributed by atoms with Gasteiger partial charge in [0.2, 0.25) is 0 Å². The Morgan fingerprint density at radius 3 is 2.16 bits per heavy atom. The van der Waals surface area contributed by atoms with E-state index in [1.54, 1.807) is 27.9 Å². The molecule has 0 aliphatic heterocycles. The first-order valence-corrected chi connectivity index (χ1v) is 11.6. The molecule has 2 N–H and O–H groups in total. The number of rotatable bonds is 16. The molecule has 0 saturated heterocycles. The fraction of sp³-hybridized carbons (Fsp3) is 0.769. The van der Waals surface area contributed by atoms with Crippen LogP contribution < -0.4 is 0 Å². The van der Waals surface area contributed by atoms with E-state index in [-0.39, 0.29) is 24.2 Å². The zero-order valence-corrected chi connectivity index (χ0v) is 21.6. The molecular formula is C26H46O6. The van der Waals surface area contributed by atoms with Crippen molar-refractivity contribution < 1.29 is 29.3 Å². The summed E-state index contributed by atoms with van der Waals surface area (Å²) >= 11 is 0. The van der Waals surface area contributed by atoms with Crippen LogP contribution in [0.3, 0.4) is 0 Å². The van der Waals surface area contributed by atoms with Crippen LogP contribution in [0.25, 0.3) is 0 Å². The first-order chi connectivity index (χ1) is 14.8. The quantitative estimate of drug-likeness (QED) is 0.312. The van der Waals surface area contributed by atoms with Crippen molar-refractivity contribution in [3.8, 4) is 0 Å². The molecule has 0 amide bonds. The molecule has 0 heterocycles. The minimum Gasteiger partial charge on any atom is -0.481 e. The smallest absolute Gasteiger partial charge is 0.306 e.